The Labute approximate surface area is 213 Å². The van der Waals surface area contributed by atoms with Gasteiger partial charge in [0.2, 0.25) is 0 Å². The number of hydrogen-bond donors (Lipinski definition) is 3. The normalized spacial score (nSPS) is 56.3. The maximum atomic E-state index is 12.2. The van der Waals surface area contributed by atoms with E-state index in [0.717, 1.165) is 44.3 Å². The molecule has 2 spiro atoms. The second kappa shape index (κ2) is 7.07. The summed E-state index contributed by atoms with van der Waals surface area (Å²) < 4.78 is 6.58. The van der Waals surface area contributed by atoms with E-state index in [1.165, 1.54) is 19.3 Å². The fraction of sp³-hybridized carbons (Fsp3) is 0.935. The first-order chi connectivity index (χ1) is 16.1. The largest absolute Gasteiger partial charge is 0.393 e. The predicted octanol–water partition coefficient (Wildman–Crippen LogP) is 5.89. The molecular weight excluding hydrogens is 436 g/mol. The molecule has 4 heteroatoms. The zero-order valence-electron chi connectivity index (χ0n) is 23.4. The molecule has 6 rings (SSSR count). The van der Waals surface area contributed by atoms with Gasteiger partial charge in [-0.2, -0.15) is 0 Å². The minimum atomic E-state index is -0.627. The first-order valence-corrected chi connectivity index (χ1v) is 14.5. The van der Waals surface area contributed by atoms with Gasteiger partial charge in [0.1, 0.15) is 12.2 Å². The Balaban J connectivity index is 1.36. The van der Waals surface area contributed by atoms with Gasteiger partial charge in [0, 0.05) is 11.3 Å². The van der Waals surface area contributed by atoms with Crippen LogP contribution in [0.1, 0.15) is 107 Å². The Kier molecular flexibility index (Phi) is 5.08. The lowest BCUT2D eigenvalue weighted by Crippen LogP contribution is -2.59. The van der Waals surface area contributed by atoms with E-state index in [0.29, 0.717) is 28.6 Å². The van der Waals surface area contributed by atoms with Crippen molar-refractivity contribution in [3.63, 3.8) is 0 Å². The lowest BCUT2D eigenvalue weighted by molar-refractivity contribution is -0.181. The van der Waals surface area contributed by atoms with Gasteiger partial charge in [0.25, 0.3) is 0 Å². The molecule has 4 nitrogen and oxygen atoms in total. The van der Waals surface area contributed by atoms with Crippen molar-refractivity contribution < 1.29 is 20.1 Å². The maximum absolute atomic E-state index is 12.2. The summed E-state index contributed by atoms with van der Waals surface area (Å²) in [4.78, 5) is 0. The molecular formula is C31H50O4. The van der Waals surface area contributed by atoms with Gasteiger partial charge >= 0.3 is 0 Å². The first-order valence-electron chi connectivity index (χ1n) is 14.5. The van der Waals surface area contributed by atoms with E-state index in [-0.39, 0.29) is 33.7 Å². The van der Waals surface area contributed by atoms with Gasteiger partial charge in [0.15, 0.2) is 0 Å². The van der Waals surface area contributed by atoms with Gasteiger partial charge in [-0.15, -0.1) is 0 Å². The van der Waals surface area contributed by atoms with E-state index in [9.17, 15) is 15.3 Å². The number of fused-ring (bicyclic) bond motifs is 4. The minimum Gasteiger partial charge on any atom is -0.393 e. The molecule has 0 aromatic heterocycles. The molecule has 0 amide bonds. The fourth-order valence-electron chi connectivity index (χ4n) is 11.6. The highest BCUT2D eigenvalue weighted by molar-refractivity contribution is 5.35. The van der Waals surface area contributed by atoms with Gasteiger partial charge in [-0.05, 0) is 96.2 Å². The summed E-state index contributed by atoms with van der Waals surface area (Å²) in [7, 11) is 0. The quantitative estimate of drug-likeness (QED) is 0.432. The van der Waals surface area contributed by atoms with Crippen molar-refractivity contribution in [1.82, 2.24) is 0 Å². The number of aliphatic hydroxyl groups is 3. The van der Waals surface area contributed by atoms with Crippen LogP contribution in [0.5, 0.6) is 0 Å². The van der Waals surface area contributed by atoms with Crippen LogP contribution in [0.2, 0.25) is 0 Å². The average molecular weight is 487 g/mol. The molecule has 0 aromatic carbocycles. The molecule has 6 fully saturated rings. The third-order valence-corrected chi connectivity index (χ3v) is 13.5. The minimum absolute atomic E-state index is 0.00954. The van der Waals surface area contributed by atoms with Crippen LogP contribution in [0.15, 0.2) is 0 Å². The third kappa shape index (κ3) is 2.74. The van der Waals surface area contributed by atoms with E-state index in [4.69, 9.17) is 4.74 Å². The Morgan fingerprint density at radius 2 is 1.54 bits per heavy atom. The SMILES string of the molecule is C[C@@H]1C[C](C(O)C(C)(C)C)O[C]2C1[C@@]1(C)CCC34C[C@@]35CCC(O)C(C)(C)[C@@H]5CC[C@H]4[C@]1(C)[C@H]2O. The molecule has 5 aliphatic carbocycles. The van der Waals surface area contributed by atoms with Crippen LogP contribution in [-0.2, 0) is 4.74 Å². The Morgan fingerprint density at radius 1 is 0.914 bits per heavy atom. The summed E-state index contributed by atoms with van der Waals surface area (Å²) >= 11 is 0. The molecule has 2 radical (unpaired) electrons. The molecule has 0 aromatic rings. The predicted molar refractivity (Wildman–Crippen MR) is 136 cm³/mol. The van der Waals surface area contributed by atoms with Crippen LogP contribution in [0.25, 0.3) is 0 Å². The van der Waals surface area contributed by atoms with Gasteiger partial charge in [-0.3, -0.25) is 0 Å². The highest BCUT2D eigenvalue weighted by Gasteiger charge is 2.84. The summed E-state index contributed by atoms with van der Waals surface area (Å²) in [5.74, 6) is 1.69. The monoisotopic (exact) mass is 486 g/mol. The van der Waals surface area contributed by atoms with Crippen molar-refractivity contribution in [1.29, 1.82) is 0 Å². The Morgan fingerprint density at radius 3 is 2.20 bits per heavy atom. The summed E-state index contributed by atoms with van der Waals surface area (Å²) in [5.41, 5.74) is 0.167. The molecule has 1 aliphatic heterocycles. The Bertz CT molecular complexity index is 893. The van der Waals surface area contributed by atoms with Crippen molar-refractivity contribution in [3.05, 3.63) is 12.2 Å². The highest BCUT2D eigenvalue weighted by Crippen LogP contribution is 2.89. The lowest BCUT2D eigenvalue weighted by Gasteiger charge is -2.63. The molecule has 6 aliphatic rings. The van der Waals surface area contributed by atoms with Gasteiger partial charge in [-0.1, -0.05) is 55.4 Å². The fourth-order valence-corrected chi connectivity index (χ4v) is 11.6. The molecule has 5 saturated carbocycles. The molecule has 198 valence electrons. The first kappa shape index (κ1) is 25.1. The van der Waals surface area contributed by atoms with Crippen molar-refractivity contribution in [2.24, 2.45) is 56.2 Å². The van der Waals surface area contributed by atoms with Gasteiger partial charge in [0.05, 0.1) is 18.3 Å². The van der Waals surface area contributed by atoms with Crippen molar-refractivity contribution in [2.45, 2.75) is 125 Å². The average Bonchev–Trinajstić information content (AvgIpc) is 3.40. The van der Waals surface area contributed by atoms with Crippen LogP contribution in [0.4, 0.5) is 0 Å². The molecule has 0 bridgehead atoms. The number of ether oxygens (including phenoxy) is 1. The van der Waals surface area contributed by atoms with Crippen LogP contribution in [0, 0.1) is 68.4 Å². The lowest BCUT2D eigenvalue weighted by atomic mass is 9.41. The zero-order valence-corrected chi connectivity index (χ0v) is 23.4. The van der Waals surface area contributed by atoms with Crippen LogP contribution in [-0.4, -0.2) is 33.6 Å². The number of hydrogen-bond acceptors (Lipinski definition) is 4. The van der Waals surface area contributed by atoms with Crippen LogP contribution in [0.3, 0.4) is 0 Å². The molecule has 3 N–H and O–H groups in total. The summed E-state index contributed by atoms with van der Waals surface area (Å²) in [5, 5.41) is 34.2. The molecule has 1 heterocycles. The van der Waals surface area contributed by atoms with E-state index in [2.05, 4.69) is 55.4 Å². The number of aliphatic hydroxyl groups excluding tert-OH is 3. The second-order valence-corrected chi connectivity index (χ2v) is 16.0. The summed E-state index contributed by atoms with van der Waals surface area (Å²) in [6, 6.07) is 0. The van der Waals surface area contributed by atoms with Crippen molar-refractivity contribution in [2.75, 3.05) is 0 Å². The van der Waals surface area contributed by atoms with E-state index < -0.39 is 12.2 Å². The van der Waals surface area contributed by atoms with Gasteiger partial charge < -0.3 is 20.1 Å². The second-order valence-electron chi connectivity index (χ2n) is 16.0. The highest BCUT2D eigenvalue weighted by atomic mass is 16.5. The molecule has 11 atom stereocenters. The van der Waals surface area contributed by atoms with Crippen LogP contribution < -0.4 is 0 Å². The van der Waals surface area contributed by atoms with E-state index in [1.807, 2.05) is 0 Å². The summed E-state index contributed by atoms with van der Waals surface area (Å²) in [6.45, 7) is 18.0. The summed E-state index contributed by atoms with van der Waals surface area (Å²) in [6.07, 6.45) is 9.10. The zero-order chi connectivity index (χ0) is 25.6. The molecule has 35 heavy (non-hydrogen) atoms. The maximum Gasteiger partial charge on any atom is 0.131 e. The van der Waals surface area contributed by atoms with E-state index >= 15 is 0 Å². The smallest absolute Gasteiger partial charge is 0.131 e. The van der Waals surface area contributed by atoms with Crippen molar-refractivity contribution in [3.8, 4) is 0 Å². The Hall–Kier alpha value is -0.160. The van der Waals surface area contributed by atoms with Gasteiger partial charge in [-0.25, -0.2) is 0 Å². The number of rotatable bonds is 1. The molecule has 4 unspecified atom stereocenters. The standard InChI is InChI=1S/C31H50O4/c1-17-15-18(24(33)26(2,3)4)35-23-22(17)28(7)13-14-31-16-30(31)12-11-21(32)27(5,6)19(30)9-10-20(31)29(28,8)25(23)34/h17,19-22,24-25,32-34H,9-16H2,1-8H3/t17-,19+,20+,21?,22?,24?,25+,28-,29-,30-,31?/m1/s1. The topological polar surface area (TPSA) is 69.9 Å². The van der Waals surface area contributed by atoms with Crippen molar-refractivity contribution >= 4 is 0 Å². The van der Waals surface area contributed by atoms with E-state index in [1.54, 1.807) is 0 Å². The molecule has 1 saturated heterocycles. The third-order valence-electron chi connectivity index (χ3n) is 13.5. The van der Waals surface area contributed by atoms with Crippen LogP contribution >= 0.6 is 0 Å².